The van der Waals surface area contributed by atoms with E-state index in [1.807, 2.05) is 20.8 Å². The number of alkyl carbamates (subject to hydrolysis) is 1. The smallest absolute Gasteiger partial charge is 0.407 e. The zero-order valence-corrected chi connectivity index (χ0v) is 15.6. The van der Waals surface area contributed by atoms with E-state index in [1.54, 1.807) is 7.11 Å². The fraction of sp³-hybridized carbons (Fsp3) is 0.944. The molecule has 136 valence electrons. The Labute approximate surface area is 141 Å². The molecule has 0 spiro atoms. The summed E-state index contributed by atoms with van der Waals surface area (Å²) in [6.07, 6.45) is 6.98. The summed E-state index contributed by atoms with van der Waals surface area (Å²) in [4.78, 5) is 11.6. The highest BCUT2D eigenvalue weighted by atomic mass is 16.6. The molecular formula is C18H36N2O3. The van der Waals surface area contributed by atoms with Crippen LogP contribution in [0.15, 0.2) is 0 Å². The number of carbonyl (C=O) groups is 1. The fourth-order valence-electron chi connectivity index (χ4n) is 3.23. The molecule has 1 fully saturated rings. The third kappa shape index (κ3) is 9.16. The van der Waals surface area contributed by atoms with Gasteiger partial charge in [-0.1, -0.05) is 12.8 Å². The molecular weight excluding hydrogens is 292 g/mol. The minimum Gasteiger partial charge on any atom is -0.444 e. The van der Waals surface area contributed by atoms with Gasteiger partial charge in [-0.15, -0.1) is 0 Å². The summed E-state index contributed by atoms with van der Waals surface area (Å²) in [6, 6.07) is 0.882. The molecule has 2 N–H and O–H groups in total. The molecule has 0 heterocycles. The van der Waals surface area contributed by atoms with E-state index in [0.29, 0.717) is 25.2 Å². The van der Waals surface area contributed by atoms with Crippen LogP contribution in [0.5, 0.6) is 0 Å². The highest BCUT2D eigenvalue weighted by molar-refractivity contribution is 5.67. The van der Waals surface area contributed by atoms with Crippen LogP contribution in [-0.4, -0.2) is 44.0 Å². The van der Waals surface area contributed by atoms with Gasteiger partial charge < -0.3 is 20.1 Å². The summed E-state index contributed by atoms with van der Waals surface area (Å²) in [5, 5.41) is 6.53. The Morgan fingerprint density at radius 3 is 2.48 bits per heavy atom. The number of rotatable bonds is 9. The quantitative estimate of drug-likeness (QED) is 0.636. The first kappa shape index (κ1) is 20.2. The average molecular weight is 328 g/mol. The van der Waals surface area contributed by atoms with E-state index in [-0.39, 0.29) is 6.09 Å². The number of ether oxygens (including phenoxy) is 2. The lowest BCUT2D eigenvalue weighted by atomic mass is 9.98. The van der Waals surface area contributed by atoms with E-state index in [4.69, 9.17) is 9.47 Å². The van der Waals surface area contributed by atoms with Crippen molar-refractivity contribution in [1.82, 2.24) is 10.6 Å². The summed E-state index contributed by atoms with van der Waals surface area (Å²) in [6.45, 7) is 9.25. The Balaban J connectivity index is 2.23. The maximum Gasteiger partial charge on any atom is 0.407 e. The molecule has 0 aromatic rings. The Hall–Kier alpha value is -0.810. The molecule has 5 nitrogen and oxygen atoms in total. The lowest BCUT2D eigenvalue weighted by Gasteiger charge is -2.27. The summed E-state index contributed by atoms with van der Waals surface area (Å²) < 4.78 is 10.6. The Morgan fingerprint density at radius 2 is 1.91 bits per heavy atom. The van der Waals surface area contributed by atoms with Crippen LogP contribution in [0.2, 0.25) is 0 Å². The van der Waals surface area contributed by atoms with Crippen molar-refractivity contribution in [3.8, 4) is 0 Å². The topological polar surface area (TPSA) is 59.6 Å². The van der Waals surface area contributed by atoms with E-state index < -0.39 is 5.60 Å². The Bertz CT molecular complexity index is 336. The molecule has 0 aliphatic heterocycles. The summed E-state index contributed by atoms with van der Waals surface area (Å²) in [5.74, 6) is 0.800. The number of amides is 1. The van der Waals surface area contributed by atoms with Crippen LogP contribution in [0.3, 0.4) is 0 Å². The van der Waals surface area contributed by atoms with Gasteiger partial charge in [0.1, 0.15) is 5.60 Å². The van der Waals surface area contributed by atoms with Crippen molar-refractivity contribution < 1.29 is 14.3 Å². The van der Waals surface area contributed by atoms with Crippen LogP contribution >= 0.6 is 0 Å². The van der Waals surface area contributed by atoms with Crippen LogP contribution in [0.25, 0.3) is 0 Å². The van der Waals surface area contributed by atoms with Crippen LogP contribution < -0.4 is 10.6 Å². The second-order valence-electron chi connectivity index (χ2n) is 7.72. The molecule has 23 heavy (non-hydrogen) atoms. The Kier molecular flexibility index (Phi) is 8.92. The second-order valence-corrected chi connectivity index (χ2v) is 7.72. The van der Waals surface area contributed by atoms with Crippen LogP contribution in [0, 0.1) is 5.92 Å². The van der Waals surface area contributed by atoms with Crippen molar-refractivity contribution in [3.63, 3.8) is 0 Å². The van der Waals surface area contributed by atoms with Gasteiger partial charge in [0.2, 0.25) is 0 Å². The van der Waals surface area contributed by atoms with Gasteiger partial charge in [-0.2, -0.15) is 0 Å². The number of hydrogen-bond acceptors (Lipinski definition) is 4. The molecule has 0 radical (unpaired) electrons. The van der Waals surface area contributed by atoms with Gasteiger partial charge >= 0.3 is 6.09 Å². The third-order valence-corrected chi connectivity index (χ3v) is 4.37. The lowest BCUT2D eigenvalue weighted by Crippen LogP contribution is -2.43. The van der Waals surface area contributed by atoms with Crippen LogP contribution in [-0.2, 0) is 9.47 Å². The van der Waals surface area contributed by atoms with Gasteiger partial charge in [0.05, 0.1) is 6.61 Å². The normalized spacial score (nSPS) is 18.7. The van der Waals surface area contributed by atoms with E-state index >= 15 is 0 Å². The Morgan fingerprint density at radius 1 is 1.26 bits per heavy atom. The second kappa shape index (κ2) is 10.1. The van der Waals surface area contributed by atoms with Crippen molar-refractivity contribution in [1.29, 1.82) is 0 Å². The van der Waals surface area contributed by atoms with E-state index in [0.717, 1.165) is 18.8 Å². The number of methoxy groups -OCH3 is 1. The minimum absolute atomic E-state index is 0.340. The number of hydrogen-bond donors (Lipinski definition) is 2. The summed E-state index contributed by atoms with van der Waals surface area (Å²) in [5.41, 5.74) is -0.444. The molecule has 1 aliphatic rings. The molecule has 1 aliphatic carbocycles. The minimum atomic E-state index is -0.444. The van der Waals surface area contributed by atoms with Crippen LogP contribution in [0.1, 0.15) is 66.2 Å². The van der Waals surface area contributed by atoms with Gasteiger partial charge in [-0.25, -0.2) is 4.79 Å². The van der Waals surface area contributed by atoms with Gasteiger partial charge in [0.25, 0.3) is 0 Å². The van der Waals surface area contributed by atoms with Crippen molar-refractivity contribution in [2.75, 3.05) is 20.3 Å². The average Bonchev–Trinajstić information content (AvgIpc) is 2.95. The highest BCUT2D eigenvalue weighted by Gasteiger charge is 2.23. The van der Waals surface area contributed by atoms with Gasteiger partial charge in [-0.05, 0) is 59.3 Å². The first-order chi connectivity index (χ1) is 10.8. The van der Waals surface area contributed by atoms with Crippen molar-refractivity contribution in [2.45, 2.75) is 83.9 Å². The largest absolute Gasteiger partial charge is 0.444 e. The molecule has 1 amide bonds. The standard InChI is InChI=1S/C18H36N2O3/c1-14(15-9-6-7-10-15)20-16(13-22-5)11-8-12-19-17(21)23-18(2,3)4/h14-16,20H,6-13H2,1-5H3,(H,19,21)/t14-,16?/m0/s1. The van der Waals surface area contributed by atoms with E-state index in [9.17, 15) is 4.79 Å². The predicted octanol–water partition coefficient (Wildman–Crippen LogP) is 3.47. The van der Waals surface area contributed by atoms with Crippen molar-refractivity contribution >= 4 is 6.09 Å². The SMILES string of the molecule is COCC(CCCNC(=O)OC(C)(C)C)N[C@@H](C)C1CCCC1. The predicted molar refractivity (Wildman–Crippen MR) is 93.7 cm³/mol. The number of nitrogens with one attached hydrogen (secondary N) is 2. The fourth-order valence-corrected chi connectivity index (χ4v) is 3.23. The molecule has 1 unspecified atom stereocenters. The zero-order chi connectivity index (χ0) is 17.3. The van der Waals surface area contributed by atoms with Crippen LogP contribution in [0.4, 0.5) is 4.79 Å². The van der Waals surface area contributed by atoms with E-state index in [1.165, 1.54) is 25.7 Å². The molecule has 5 heteroatoms. The zero-order valence-electron chi connectivity index (χ0n) is 15.6. The molecule has 0 aromatic carbocycles. The van der Waals surface area contributed by atoms with Gasteiger partial charge in [0, 0.05) is 25.7 Å². The van der Waals surface area contributed by atoms with Crippen molar-refractivity contribution in [2.24, 2.45) is 5.92 Å². The molecule has 0 bridgehead atoms. The number of carbonyl (C=O) groups excluding carboxylic acids is 1. The lowest BCUT2D eigenvalue weighted by molar-refractivity contribution is 0.0525. The molecule has 1 rings (SSSR count). The molecule has 2 atom stereocenters. The highest BCUT2D eigenvalue weighted by Crippen LogP contribution is 2.27. The monoisotopic (exact) mass is 328 g/mol. The summed E-state index contributed by atoms with van der Waals surface area (Å²) in [7, 11) is 1.74. The van der Waals surface area contributed by atoms with Gasteiger partial charge in [-0.3, -0.25) is 0 Å². The first-order valence-electron chi connectivity index (χ1n) is 9.03. The first-order valence-corrected chi connectivity index (χ1v) is 9.03. The molecule has 1 saturated carbocycles. The van der Waals surface area contributed by atoms with E-state index in [2.05, 4.69) is 17.6 Å². The summed E-state index contributed by atoms with van der Waals surface area (Å²) >= 11 is 0. The maximum atomic E-state index is 11.6. The van der Waals surface area contributed by atoms with Gasteiger partial charge in [0.15, 0.2) is 0 Å². The molecule has 0 saturated heterocycles. The third-order valence-electron chi connectivity index (χ3n) is 4.37. The molecule has 0 aromatic heterocycles. The maximum absolute atomic E-state index is 11.6. The van der Waals surface area contributed by atoms with Crippen molar-refractivity contribution in [3.05, 3.63) is 0 Å².